The summed E-state index contributed by atoms with van der Waals surface area (Å²) in [5, 5.41) is 1.16. The van der Waals surface area contributed by atoms with Crippen molar-refractivity contribution in [1.82, 2.24) is 9.88 Å². The zero-order chi connectivity index (χ0) is 16.9. The topological polar surface area (TPSA) is 28.3 Å². The van der Waals surface area contributed by atoms with E-state index in [1.54, 1.807) is 0 Å². The van der Waals surface area contributed by atoms with E-state index in [0.717, 1.165) is 55.7 Å². The molecule has 0 spiro atoms. The zero-order valence-corrected chi connectivity index (χ0v) is 14.4. The number of aromatic nitrogens is 1. The third-order valence-electron chi connectivity index (χ3n) is 4.87. The molecule has 25 heavy (non-hydrogen) atoms. The molecule has 0 saturated carbocycles. The zero-order valence-electron chi connectivity index (χ0n) is 14.4. The van der Waals surface area contributed by atoms with Gasteiger partial charge < -0.3 is 9.72 Å². The Bertz CT molecular complexity index is 851. The molecule has 0 aliphatic carbocycles. The minimum atomic E-state index is 0.758. The van der Waals surface area contributed by atoms with Crippen molar-refractivity contribution in [2.45, 2.75) is 12.8 Å². The minimum absolute atomic E-state index is 0.758. The van der Waals surface area contributed by atoms with E-state index in [2.05, 4.69) is 58.4 Å². The fourth-order valence-electron chi connectivity index (χ4n) is 3.46. The summed E-state index contributed by atoms with van der Waals surface area (Å²) in [6.45, 7) is 4.01. The Morgan fingerprint density at radius 1 is 1.00 bits per heavy atom. The summed E-state index contributed by atoms with van der Waals surface area (Å²) in [7, 11) is 0. The Morgan fingerprint density at radius 2 is 1.84 bits per heavy atom. The van der Waals surface area contributed by atoms with E-state index in [-0.39, 0.29) is 0 Å². The lowest BCUT2D eigenvalue weighted by Crippen LogP contribution is -2.30. The Morgan fingerprint density at radius 3 is 2.68 bits per heavy atom. The number of hydrogen-bond donors (Lipinski definition) is 1. The fourth-order valence-corrected chi connectivity index (χ4v) is 3.46. The van der Waals surface area contributed by atoms with E-state index < -0.39 is 0 Å². The van der Waals surface area contributed by atoms with Gasteiger partial charge in [-0.1, -0.05) is 48.5 Å². The van der Waals surface area contributed by atoms with Gasteiger partial charge in [-0.3, -0.25) is 4.90 Å². The van der Waals surface area contributed by atoms with Crippen LogP contribution in [-0.4, -0.2) is 36.1 Å². The van der Waals surface area contributed by atoms with Crippen LogP contribution in [0.15, 0.2) is 66.9 Å². The van der Waals surface area contributed by atoms with E-state index in [9.17, 15) is 0 Å². The quantitative estimate of drug-likeness (QED) is 0.661. The Labute approximate surface area is 148 Å². The first-order valence-electron chi connectivity index (χ1n) is 9.06. The molecule has 1 aromatic heterocycles. The molecule has 2 aromatic carbocycles. The number of hydrogen-bond acceptors (Lipinski definition) is 2. The molecule has 0 fully saturated rings. The van der Waals surface area contributed by atoms with Crippen molar-refractivity contribution in [2.75, 3.05) is 26.2 Å². The largest absolute Gasteiger partial charge is 0.491 e. The molecular formula is C22H24N2O. The number of benzene rings is 2. The number of rotatable bonds is 6. The maximum Gasteiger partial charge on any atom is 0.144 e. The number of ether oxygens (including phenoxy) is 1. The highest BCUT2D eigenvalue weighted by molar-refractivity contribution is 5.85. The molecule has 3 nitrogen and oxygen atoms in total. The maximum atomic E-state index is 5.97. The summed E-state index contributed by atoms with van der Waals surface area (Å²) in [6.07, 6.45) is 6.52. The molecule has 0 radical (unpaired) electrons. The van der Waals surface area contributed by atoms with Crippen molar-refractivity contribution in [3.8, 4) is 5.75 Å². The predicted molar refractivity (Wildman–Crippen MR) is 104 cm³/mol. The van der Waals surface area contributed by atoms with Gasteiger partial charge in [0, 0.05) is 36.7 Å². The van der Waals surface area contributed by atoms with Crippen LogP contribution in [0, 0.1) is 0 Å². The van der Waals surface area contributed by atoms with Crippen LogP contribution in [-0.2, 0) is 0 Å². The third-order valence-corrected chi connectivity index (χ3v) is 4.87. The molecule has 0 bridgehead atoms. The summed E-state index contributed by atoms with van der Waals surface area (Å²) >= 11 is 0. The van der Waals surface area contributed by atoms with Gasteiger partial charge in [-0.05, 0) is 36.1 Å². The number of nitrogens with zero attached hydrogens (tertiary/aromatic N) is 1. The smallest absolute Gasteiger partial charge is 0.144 e. The molecule has 128 valence electrons. The molecule has 1 aliphatic heterocycles. The van der Waals surface area contributed by atoms with E-state index in [0.29, 0.717) is 0 Å². The van der Waals surface area contributed by atoms with Crippen LogP contribution in [0.5, 0.6) is 5.75 Å². The van der Waals surface area contributed by atoms with E-state index in [4.69, 9.17) is 4.74 Å². The molecule has 0 unspecified atom stereocenters. The van der Waals surface area contributed by atoms with Crippen molar-refractivity contribution in [3.05, 3.63) is 72.4 Å². The molecule has 0 atom stereocenters. The lowest BCUT2D eigenvalue weighted by Gasteiger charge is -2.26. The van der Waals surface area contributed by atoms with E-state index in [1.165, 1.54) is 11.1 Å². The van der Waals surface area contributed by atoms with Gasteiger partial charge >= 0.3 is 0 Å². The van der Waals surface area contributed by atoms with Gasteiger partial charge in [0.2, 0.25) is 0 Å². The number of nitrogens with one attached hydrogen (secondary N) is 1. The van der Waals surface area contributed by atoms with Crippen LogP contribution < -0.4 is 4.74 Å². The summed E-state index contributed by atoms with van der Waals surface area (Å²) in [5.41, 5.74) is 3.98. The van der Waals surface area contributed by atoms with Crippen LogP contribution in [0.3, 0.4) is 0 Å². The van der Waals surface area contributed by atoms with Gasteiger partial charge in [0.1, 0.15) is 5.75 Å². The first kappa shape index (κ1) is 16.0. The summed E-state index contributed by atoms with van der Waals surface area (Å²) in [6, 6.07) is 19.0. The van der Waals surface area contributed by atoms with Gasteiger partial charge in [0.15, 0.2) is 0 Å². The molecule has 3 aromatic rings. The van der Waals surface area contributed by atoms with Crippen LogP contribution in [0.2, 0.25) is 0 Å². The van der Waals surface area contributed by atoms with E-state index >= 15 is 0 Å². The van der Waals surface area contributed by atoms with E-state index in [1.807, 2.05) is 18.3 Å². The summed E-state index contributed by atoms with van der Waals surface area (Å²) in [5.74, 6) is 0.959. The van der Waals surface area contributed by atoms with Crippen molar-refractivity contribution >= 4 is 16.5 Å². The third kappa shape index (κ3) is 3.77. The standard InChI is InChI=1S/C22H24N2O/c1-2-7-18(8-3-1)19-11-14-24(15-12-19)13-6-16-25-22-17-23-21-10-5-4-9-20(21)22/h1-5,7-11,17,23H,6,12-16H2. The SMILES string of the molecule is C1=C(c2ccccc2)CCN(CCCOc2c[nH]c3ccccc23)C1. The number of aromatic amines is 1. The second-order valence-electron chi connectivity index (χ2n) is 6.55. The highest BCUT2D eigenvalue weighted by atomic mass is 16.5. The van der Waals surface area contributed by atoms with Crippen LogP contribution >= 0.6 is 0 Å². The second-order valence-corrected chi connectivity index (χ2v) is 6.55. The average molecular weight is 332 g/mol. The van der Waals surface area contributed by atoms with Gasteiger partial charge in [-0.25, -0.2) is 0 Å². The molecule has 4 rings (SSSR count). The van der Waals surface area contributed by atoms with Gasteiger partial charge in [-0.2, -0.15) is 0 Å². The van der Waals surface area contributed by atoms with Crippen LogP contribution in [0.25, 0.3) is 16.5 Å². The molecule has 0 amide bonds. The van der Waals surface area contributed by atoms with Crippen molar-refractivity contribution in [1.29, 1.82) is 0 Å². The minimum Gasteiger partial charge on any atom is -0.491 e. The molecule has 0 saturated heterocycles. The first-order valence-corrected chi connectivity index (χ1v) is 9.06. The average Bonchev–Trinajstić information content (AvgIpc) is 3.10. The van der Waals surface area contributed by atoms with Crippen LogP contribution in [0.1, 0.15) is 18.4 Å². The molecule has 1 aliphatic rings. The van der Waals surface area contributed by atoms with Crippen molar-refractivity contribution in [3.63, 3.8) is 0 Å². The highest BCUT2D eigenvalue weighted by Crippen LogP contribution is 2.25. The summed E-state index contributed by atoms with van der Waals surface area (Å²) in [4.78, 5) is 5.76. The lowest BCUT2D eigenvalue weighted by molar-refractivity contribution is 0.250. The molecule has 3 heteroatoms. The van der Waals surface area contributed by atoms with Crippen molar-refractivity contribution < 1.29 is 4.74 Å². The first-order chi connectivity index (χ1) is 12.4. The van der Waals surface area contributed by atoms with Crippen LogP contribution in [0.4, 0.5) is 0 Å². The fraction of sp³-hybridized carbons (Fsp3) is 0.273. The second kappa shape index (κ2) is 7.58. The number of fused-ring (bicyclic) bond motifs is 1. The van der Waals surface area contributed by atoms with Gasteiger partial charge in [-0.15, -0.1) is 0 Å². The summed E-state index contributed by atoms with van der Waals surface area (Å²) < 4.78 is 5.97. The van der Waals surface area contributed by atoms with Crippen molar-refractivity contribution in [2.24, 2.45) is 0 Å². The lowest BCUT2D eigenvalue weighted by atomic mass is 9.99. The monoisotopic (exact) mass is 332 g/mol. The molecular weight excluding hydrogens is 308 g/mol. The van der Waals surface area contributed by atoms with Gasteiger partial charge in [0.25, 0.3) is 0 Å². The Balaban J connectivity index is 1.24. The predicted octanol–water partition coefficient (Wildman–Crippen LogP) is 4.73. The number of para-hydroxylation sites is 1. The Kier molecular flexibility index (Phi) is 4.84. The molecule has 2 heterocycles. The Hall–Kier alpha value is -2.52. The molecule has 1 N–H and O–H groups in total. The normalized spacial score (nSPS) is 15.3. The number of H-pyrrole nitrogens is 1. The van der Waals surface area contributed by atoms with Gasteiger partial charge in [0.05, 0.1) is 6.61 Å². The highest BCUT2D eigenvalue weighted by Gasteiger charge is 2.12. The maximum absolute atomic E-state index is 5.97.